The monoisotopic (exact) mass is 1270 g/mol. The van der Waals surface area contributed by atoms with Crippen molar-refractivity contribution < 1.29 is 18.9 Å². The fraction of sp³-hybridized carbons (Fsp3) is 0.538. The maximum absolute atomic E-state index is 6.86. The standard InChI is InChI=1S/C52H68O4S16/c1-49(2,3)29-25-30(50(4,5)6)34-27-33(29)53-17-21-61-41-42(70-47(69-41)45-65-37(57-13)38(58-14)66-45)63-23-19-55-35-28-36(32(52(10,11)12)26-31(35)51(7,8)9)56-20-24-64-44-43(62-22-18-54-34)71-48(72-44)46-67-39(59-15)40(60-16)68-46/h25-28H,17-24H2,1-16H3. The highest BCUT2D eigenvalue weighted by Gasteiger charge is 2.34. The molecule has 0 N–H and O–H groups in total. The predicted molar refractivity (Wildman–Crippen MR) is 356 cm³/mol. The summed E-state index contributed by atoms with van der Waals surface area (Å²) in [5.41, 5.74) is 4.42. The number of benzene rings is 2. The molecule has 4 bridgehead atoms. The highest BCUT2D eigenvalue weighted by atomic mass is 32.3. The summed E-state index contributed by atoms with van der Waals surface area (Å²) in [7, 11) is 0. The van der Waals surface area contributed by atoms with Crippen molar-refractivity contribution >= 4 is 188 Å². The molecular formula is C52H68O4S16. The molecule has 72 heavy (non-hydrogen) atoms. The molecule has 0 fully saturated rings. The van der Waals surface area contributed by atoms with Crippen LogP contribution in [0.3, 0.4) is 0 Å². The molecule has 5 aliphatic heterocycles. The van der Waals surface area contributed by atoms with E-state index in [4.69, 9.17) is 18.9 Å². The molecule has 0 saturated heterocycles. The van der Waals surface area contributed by atoms with Crippen LogP contribution in [0, 0.1) is 0 Å². The topological polar surface area (TPSA) is 36.9 Å². The molecule has 2 aromatic rings. The van der Waals surface area contributed by atoms with Crippen LogP contribution >= 0.6 is 188 Å². The summed E-state index contributed by atoms with van der Waals surface area (Å²) in [5, 5.41) is 0. The van der Waals surface area contributed by atoms with E-state index in [-0.39, 0.29) is 21.7 Å². The van der Waals surface area contributed by atoms with Crippen molar-refractivity contribution in [3.63, 3.8) is 0 Å². The molecule has 396 valence electrons. The summed E-state index contributed by atoms with van der Waals surface area (Å²) in [6.07, 6.45) is 8.76. The third-order valence-corrected chi connectivity index (χ3v) is 33.3. The lowest BCUT2D eigenvalue weighted by Gasteiger charge is -2.29. The maximum atomic E-state index is 6.86. The minimum atomic E-state index is -0.113. The van der Waals surface area contributed by atoms with E-state index in [1.807, 2.05) is 188 Å². The van der Waals surface area contributed by atoms with Crippen LogP contribution in [0.4, 0.5) is 0 Å². The molecule has 5 aliphatic rings. The van der Waals surface area contributed by atoms with Gasteiger partial charge in [-0.25, -0.2) is 0 Å². The van der Waals surface area contributed by atoms with Gasteiger partial charge in [-0.05, 0) is 58.8 Å². The van der Waals surface area contributed by atoms with E-state index in [0.717, 1.165) is 46.0 Å². The van der Waals surface area contributed by atoms with Gasteiger partial charge >= 0.3 is 0 Å². The van der Waals surface area contributed by atoms with Gasteiger partial charge in [-0.15, -0.1) is 94.1 Å². The molecule has 2 aromatic carbocycles. The fourth-order valence-electron chi connectivity index (χ4n) is 7.37. The largest absolute Gasteiger partial charge is 0.492 e. The Morgan fingerprint density at radius 1 is 0.306 bits per heavy atom. The Morgan fingerprint density at radius 3 is 0.708 bits per heavy atom. The van der Waals surface area contributed by atoms with Crippen LogP contribution in [0.1, 0.15) is 105 Å². The number of hydrogen-bond acceptors (Lipinski definition) is 20. The first kappa shape index (κ1) is 61.3. The summed E-state index contributed by atoms with van der Waals surface area (Å²) < 4.78 is 44.0. The van der Waals surface area contributed by atoms with E-state index >= 15 is 0 Å². The van der Waals surface area contributed by atoms with E-state index in [2.05, 4.69) is 132 Å². The Morgan fingerprint density at radius 2 is 0.514 bits per heavy atom. The van der Waals surface area contributed by atoms with Gasteiger partial charge in [0.25, 0.3) is 0 Å². The normalized spacial score (nSPS) is 20.0. The molecule has 7 rings (SSSR count). The van der Waals surface area contributed by atoms with E-state index in [0.29, 0.717) is 26.4 Å². The van der Waals surface area contributed by atoms with E-state index in [1.54, 1.807) is 0 Å². The smallest absolute Gasteiger partial charge is 0.126 e. The molecule has 0 radical (unpaired) electrons. The quantitative estimate of drug-likeness (QED) is 0.291. The zero-order valence-electron chi connectivity index (χ0n) is 44.1. The molecule has 5 heterocycles. The first-order valence-corrected chi connectivity index (χ1v) is 38.8. The Hall–Kier alpha value is 1.68. The minimum Gasteiger partial charge on any atom is -0.492 e. The lowest BCUT2D eigenvalue weighted by Crippen LogP contribution is -2.20. The SMILES string of the molecule is CSC1=C(SC)SC(=C2SC3=C(SCCOc4cc(c(C(C)(C)C)cc4C(C)(C)C)OCCSC4=C(SCCOc5cc(c(C(C)(C)C)cc5C(C)(C)C)OCCS3)SC(=C3SC(SC)=C(SC)S3)S4)S2)S1. The third kappa shape index (κ3) is 16.0. The maximum Gasteiger partial charge on any atom is 0.126 e. The molecule has 0 aliphatic carbocycles. The number of rotatable bonds is 4. The van der Waals surface area contributed by atoms with Crippen molar-refractivity contribution in [3.05, 3.63) is 97.4 Å². The molecule has 4 nitrogen and oxygen atoms in total. The zero-order valence-corrected chi connectivity index (χ0v) is 57.2. The van der Waals surface area contributed by atoms with Crippen molar-refractivity contribution in [2.24, 2.45) is 0 Å². The average Bonchev–Trinajstić information content (AvgIpc) is 4.12. The van der Waals surface area contributed by atoms with Gasteiger partial charge in [0.05, 0.1) is 77.3 Å². The first-order valence-electron chi connectivity index (χ1n) is 23.5. The van der Waals surface area contributed by atoms with Crippen LogP contribution in [0.25, 0.3) is 0 Å². The van der Waals surface area contributed by atoms with Crippen LogP contribution in [0.2, 0.25) is 0 Å². The van der Waals surface area contributed by atoms with Gasteiger partial charge in [-0.1, -0.05) is 177 Å². The van der Waals surface area contributed by atoms with Gasteiger partial charge < -0.3 is 18.9 Å². The van der Waals surface area contributed by atoms with Crippen molar-refractivity contribution in [1.29, 1.82) is 0 Å². The second-order valence-electron chi connectivity index (χ2n) is 20.6. The molecule has 0 atom stereocenters. The van der Waals surface area contributed by atoms with Crippen molar-refractivity contribution in [3.8, 4) is 23.0 Å². The Kier molecular flexibility index (Phi) is 23.0. The Bertz CT molecular complexity index is 2200. The van der Waals surface area contributed by atoms with Crippen LogP contribution < -0.4 is 18.9 Å². The molecule has 0 spiro atoms. The number of thioether (sulfide) groups is 16. The second kappa shape index (κ2) is 27.0. The minimum absolute atomic E-state index is 0.113. The third-order valence-electron chi connectivity index (χ3n) is 10.9. The molecule has 0 aromatic heterocycles. The van der Waals surface area contributed by atoms with Crippen LogP contribution in [0.5, 0.6) is 23.0 Å². The molecule has 20 heteroatoms. The summed E-state index contributed by atoms with van der Waals surface area (Å²) in [5.74, 6) is 7.00. The molecule has 0 saturated carbocycles. The molecule has 0 unspecified atom stereocenters. The van der Waals surface area contributed by atoms with Crippen molar-refractivity contribution in [2.45, 2.75) is 105 Å². The van der Waals surface area contributed by atoms with Gasteiger partial charge in [-0.3, -0.25) is 0 Å². The number of ether oxygens (including phenoxy) is 4. The highest BCUT2D eigenvalue weighted by molar-refractivity contribution is 8.46. The zero-order chi connectivity index (χ0) is 52.2. The fourth-order valence-corrected chi connectivity index (χ4v) is 29.2. The Balaban J connectivity index is 1.20. The lowest BCUT2D eigenvalue weighted by atomic mass is 9.79. The Labute approximate surface area is 500 Å². The van der Waals surface area contributed by atoms with Crippen molar-refractivity contribution in [1.82, 2.24) is 0 Å². The van der Waals surface area contributed by atoms with E-state index < -0.39 is 0 Å². The second-order valence-corrected chi connectivity index (χ2v) is 39.5. The highest BCUT2D eigenvalue weighted by Crippen LogP contribution is 2.67. The van der Waals surface area contributed by atoms with Crippen LogP contribution in [0.15, 0.2) is 75.1 Å². The summed E-state index contributed by atoms with van der Waals surface area (Å²) in [6.45, 7) is 29.8. The van der Waals surface area contributed by atoms with Gasteiger partial charge in [0.2, 0.25) is 0 Å². The van der Waals surface area contributed by atoms with Gasteiger partial charge in [0.1, 0.15) is 23.0 Å². The molecule has 0 amide bonds. The average molecular weight is 1270 g/mol. The summed E-state index contributed by atoms with van der Waals surface area (Å²) in [4.78, 5) is 0. The predicted octanol–water partition coefficient (Wildman–Crippen LogP) is 21.2. The number of fused-ring (bicyclic) bond motifs is 4. The first-order chi connectivity index (χ1) is 34.0. The van der Waals surface area contributed by atoms with Gasteiger partial charge in [0, 0.05) is 57.4 Å². The number of hydrogen-bond donors (Lipinski definition) is 0. The van der Waals surface area contributed by atoms with Gasteiger partial charge in [0.15, 0.2) is 0 Å². The van der Waals surface area contributed by atoms with Crippen LogP contribution in [-0.2, 0) is 21.7 Å². The lowest BCUT2D eigenvalue weighted by molar-refractivity contribution is 0.313. The van der Waals surface area contributed by atoms with E-state index in [1.165, 1.54) is 73.1 Å². The summed E-state index contributed by atoms with van der Waals surface area (Å²) >= 11 is 30.5. The van der Waals surface area contributed by atoms with Gasteiger partial charge in [-0.2, -0.15) is 0 Å². The van der Waals surface area contributed by atoms with Crippen molar-refractivity contribution in [2.75, 3.05) is 74.5 Å². The van der Waals surface area contributed by atoms with E-state index in [9.17, 15) is 0 Å². The molecular weight excluding hydrogens is 1200 g/mol. The summed E-state index contributed by atoms with van der Waals surface area (Å²) in [6, 6.07) is 9.11. The van der Waals surface area contributed by atoms with Crippen LogP contribution in [-0.4, -0.2) is 74.5 Å².